The van der Waals surface area contributed by atoms with E-state index < -0.39 is 5.82 Å². The summed E-state index contributed by atoms with van der Waals surface area (Å²) in [7, 11) is 0. The number of aryl methyl sites for hydroxylation is 1. The molecular formula is C16H22FIN4O. The summed E-state index contributed by atoms with van der Waals surface area (Å²) in [6, 6.07) is 4.40. The van der Waals surface area contributed by atoms with Crippen LogP contribution in [0.1, 0.15) is 22.8 Å². The standard InChI is InChI=1S/C16H21FN4O.HI/c1-4-8-20-16(18-5-2)21-10-9-19-15(22)13-7-6-12(3)14(17)11-13;/h1,6-7,11H,5,8-10H2,2-3H3,(H,19,22)(H2,18,20,21);1H. The molecule has 1 rings (SSSR count). The number of hydrogen-bond donors (Lipinski definition) is 3. The van der Waals surface area contributed by atoms with Gasteiger partial charge in [0, 0.05) is 18.7 Å². The third-order valence-electron chi connectivity index (χ3n) is 2.80. The number of rotatable bonds is 6. The highest BCUT2D eigenvalue weighted by Crippen LogP contribution is 2.08. The van der Waals surface area contributed by atoms with Crippen molar-refractivity contribution in [1.82, 2.24) is 16.0 Å². The number of aliphatic imine (C=N–C) groups is 1. The average Bonchev–Trinajstić information content (AvgIpc) is 2.51. The Hall–Kier alpha value is -1.82. The van der Waals surface area contributed by atoms with Crippen molar-refractivity contribution in [1.29, 1.82) is 0 Å². The lowest BCUT2D eigenvalue weighted by atomic mass is 10.1. The lowest BCUT2D eigenvalue weighted by Gasteiger charge is -2.09. The van der Waals surface area contributed by atoms with Gasteiger partial charge in [0.05, 0.1) is 13.1 Å². The number of halogens is 2. The second-order valence-corrected chi connectivity index (χ2v) is 4.54. The van der Waals surface area contributed by atoms with Gasteiger partial charge < -0.3 is 16.0 Å². The number of terminal acetylenes is 1. The van der Waals surface area contributed by atoms with Gasteiger partial charge in [-0.1, -0.05) is 12.0 Å². The maximum atomic E-state index is 13.4. The second-order valence-electron chi connectivity index (χ2n) is 4.54. The van der Waals surface area contributed by atoms with Crippen molar-refractivity contribution < 1.29 is 9.18 Å². The van der Waals surface area contributed by atoms with Gasteiger partial charge in [-0.2, -0.15) is 0 Å². The summed E-state index contributed by atoms with van der Waals surface area (Å²) in [5.41, 5.74) is 0.806. The van der Waals surface area contributed by atoms with Gasteiger partial charge in [-0.05, 0) is 31.5 Å². The third kappa shape index (κ3) is 7.83. The number of benzene rings is 1. The Morgan fingerprint density at radius 1 is 1.35 bits per heavy atom. The molecule has 23 heavy (non-hydrogen) atoms. The second kappa shape index (κ2) is 11.7. The zero-order valence-electron chi connectivity index (χ0n) is 13.3. The third-order valence-corrected chi connectivity index (χ3v) is 2.80. The molecule has 0 aliphatic heterocycles. The first-order valence-electron chi connectivity index (χ1n) is 7.08. The summed E-state index contributed by atoms with van der Waals surface area (Å²) in [4.78, 5) is 16.1. The Balaban J connectivity index is 0.00000484. The van der Waals surface area contributed by atoms with E-state index in [0.29, 0.717) is 43.3 Å². The molecule has 1 amide bonds. The van der Waals surface area contributed by atoms with Crippen LogP contribution < -0.4 is 16.0 Å². The summed E-state index contributed by atoms with van der Waals surface area (Å²) in [6.45, 7) is 5.42. The highest BCUT2D eigenvalue weighted by molar-refractivity contribution is 14.0. The fourth-order valence-electron chi connectivity index (χ4n) is 1.65. The Labute approximate surface area is 153 Å². The molecule has 0 saturated carbocycles. The maximum Gasteiger partial charge on any atom is 0.251 e. The van der Waals surface area contributed by atoms with Gasteiger partial charge in [0.15, 0.2) is 5.96 Å². The fraction of sp³-hybridized carbons (Fsp3) is 0.375. The molecule has 5 nitrogen and oxygen atoms in total. The molecule has 7 heteroatoms. The Bertz CT molecular complexity index is 584. The zero-order chi connectivity index (χ0) is 16.4. The van der Waals surface area contributed by atoms with E-state index in [1.165, 1.54) is 6.07 Å². The van der Waals surface area contributed by atoms with Crippen LogP contribution in [-0.4, -0.2) is 38.0 Å². The molecule has 1 aromatic carbocycles. The van der Waals surface area contributed by atoms with Crippen molar-refractivity contribution >= 4 is 35.8 Å². The number of carbonyl (C=O) groups excluding carboxylic acids is 1. The van der Waals surface area contributed by atoms with Crippen molar-refractivity contribution in [3.63, 3.8) is 0 Å². The Morgan fingerprint density at radius 3 is 2.70 bits per heavy atom. The van der Waals surface area contributed by atoms with Crippen LogP contribution >= 0.6 is 24.0 Å². The van der Waals surface area contributed by atoms with E-state index in [1.807, 2.05) is 6.92 Å². The lowest BCUT2D eigenvalue weighted by molar-refractivity contribution is 0.0954. The van der Waals surface area contributed by atoms with E-state index in [2.05, 4.69) is 26.9 Å². The van der Waals surface area contributed by atoms with Gasteiger partial charge in [-0.3, -0.25) is 9.79 Å². The van der Waals surface area contributed by atoms with Crippen molar-refractivity contribution in [3.8, 4) is 12.3 Å². The SMILES string of the molecule is C#CCNC(=NCCNC(=O)c1ccc(C)c(F)c1)NCC.I. The summed E-state index contributed by atoms with van der Waals surface area (Å²) >= 11 is 0. The van der Waals surface area contributed by atoms with Gasteiger partial charge in [-0.15, -0.1) is 30.4 Å². The van der Waals surface area contributed by atoms with E-state index >= 15 is 0 Å². The molecule has 0 aromatic heterocycles. The summed E-state index contributed by atoms with van der Waals surface area (Å²) in [6.07, 6.45) is 5.17. The molecule has 0 aliphatic rings. The molecule has 0 spiro atoms. The average molecular weight is 432 g/mol. The summed E-state index contributed by atoms with van der Waals surface area (Å²) in [5.74, 6) is 2.34. The first-order valence-corrected chi connectivity index (χ1v) is 7.08. The number of nitrogens with zero attached hydrogens (tertiary/aromatic N) is 1. The van der Waals surface area contributed by atoms with E-state index in [4.69, 9.17) is 6.42 Å². The minimum atomic E-state index is -0.390. The quantitative estimate of drug-likeness (QED) is 0.211. The largest absolute Gasteiger partial charge is 0.357 e. The summed E-state index contributed by atoms with van der Waals surface area (Å²) in [5, 5.41) is 8.67. The number of guanidine groups is 1. The predicted octanol–water partition coefficient (Wildman–Crippen LogP) is 1.67. The molecule has 126 valence electrons. The minimum absolute atomic E-state index is 0. The van der Waals surface area contributed by atoms with Gasteiger partial charge in [0.1, 0.15) is 5.82 Å². The van der Waals surface area contributed by atoms with E-state index in [9.17, 15) is 9.18 Å². The van der Waals surface area contributed by atoms with E-state index in [0.717, 1.165) is 0 Å². The topological polar surface area (TPSA) is 65.5 Å². The van der Waals surface area contributed by atoms with Gasteiger partial charge in [0.25, 0.3) is 5.91 Å². The number of hydrogen-bond acceptors (Lipinski definition) is 2. The molecule has 0 aliphatic carbocycles. The molecule has 0 fully saturated rings. The van der Waals surface area contributed by atoms with Crippen molar-refractivity contribution in [2.45, 2.75) is 13.8 Å². The zero-order valence-corrected chi connectivity index (χ0v) is 15.6. The van der Waals surface area contributed by atoms with Gasteiger partial charge in [0.2, 0.25) is 0 Å². The van der Waals surface area contributed by atoms with Gasteiger partial charge in [-0.25, -0.2) is 4.39 Å². The highest BCUT2D eigenvalue weighted by Gasteiger charge is 2.07. The molecule has 0 unspecified atom stereocenters. The monoisotopic (exact) mass is 432 g/mol. The molecule has 0 radical (unpaired) electrons. The van der Waals surface area contributed by atoms with E-state index in [1.54, 1.807) is 19.1 Å². The predicted molar refractivity (Wildman–Crippen MR) is 102 cm³/mol. The minimum Gasteiger partial charge on any atom is -0.357 e. The molecule has 0 atom stereocenters. The molecular weight excluding hydrogens is 410 g/mol. The smallest absolute Gasteiger partial charge is 0.251 e. The first-order chi connectivity index (χ1) is 10.6. The van der Waals surface area contributed by atoms with Crippen LogP contribution in [0.15, 0.2) is 23.2 Å². The normalized spacial score (nSPS) is 10.3. The lowest BCUT2D eigenvalue weighted by Crippen LogP contribution is -2.38. The first kappa shape index (κ1) is 21.2. The fourth-order valence-corrected chi connectivity index (χ4v) is 1.65. The van der Waals surface area contributed by atoms with Crippen molar-refractivity contribution in [2.24, 2.45) is 4.99 Å². The Kier molecular flexibility index (Phi) is 10.8. The molecule has 0 heterocycles. The Morgan fingerprint density at radius 2 is 2.09 bits per heavy atom. The van der Waals surface area contributed by atoms with Gasteiger partial charge >= 0.3 is 0 Å². The van der Waals surface area contributed by atoms with Crippen LogP contribution in [-0.2, 0) is 0 Å². The van der Waals surface area contributed by atoms with Crippen LogP contribution in [0.25, 0.3) is 0 Å². The van der Waals surface area contributed by atoms with Crippen molar-refractivity contribution in [3.05, 3.63) is 35.1 Å². The molecule has 3 N–H and O–H groups in total. The number of amides is 1. The van der Waals surface area contributed by atoms with Crippen LogP contribution in [0.4, 0.5) is 4.39 Å². The molecule has 0 bridgehead atoms. The summed E-state index contributed by atoms with van der Waals surface area (Å²) < 4.78 is 13.4. The van der Waals surface area contributed by atoms with Crippen LogP contribution in [0.5, 0.6) is 0 Å². The number of nitrogens with one attached hydrogen (secondary N) is 3. The van der Waals surface area contributed by atoms with Crippen LogP contribution in [0.3, 0.4) is 0 Å². The highest BCUT2D eigenvalue weighted by atomic mass is 127. The molecule has 1 aromatic rings. The van der Waals surface area contributed by atoms with Crippen LogP contribution in [0.2, 0.25) is 0 Å². The van der Waals surface area contributed by atoms with E-state index in [-0.39, 0.29) is 29.9 Å². The number of carbonyl (C=O) groups is 1. The van der Waals surface area contributed by atoms with Crippen molar-refractivity contribution in [2.75, 3.05) is 26.2 Å². The van der Waals surface area contributed by atoms with Crippen LogP contribution in [0, 0.1) is 25.1 Å². The maximum absolute atomic E-state index is 13.4. The molecule has 0 saturated heterocycles.